The van der Waals surface area contributed by atoms with Crippen LogP contribution in [0.25, 0.3) is 11.1 Å². The van der Waals surface area contributed by atoms with Crippen molar-refractivity contribution >= 4 is 18.1 Å². The van der Waals surface area contributed by atoms with Crippen LogP contribution in [0, 0.1) is 5.82 Å². The number of carbonyl (C=O) groups excluding carboxylic acids is 3. The van der Waals surface area contributed by atoms with Crippen molar-refractivity contribution in [2.75, 3.05) is 19.8 Å². The Hall–Kier alpha value is -4.44. The first-order valence-corrected chi connectivity index (χ1v) is 15.3. The molecule has 0 saturated carbocycles. The summed E-state index contributed by atoms with van der Waals surface area (Å²) in [6.07, 6.45) is -1.06. The van der Waals surface area contributed by atoms with Crippen LogP contribution in [-0.2, 0) is 20.7 Å². The predicted molar refractivity (Wildman–Crippen MR) is 167 cm³/mol. The second-order valence-electron chi connectivity index (χ2n) is 12.6. The number of nitrogens with one attached hydrogen (secondary N) is 2. The smallest absolute Gasteiger partial charge is 0.407 e. The lowest BCUT2D eigenvalue weighted by Crippen LogP contribution is -2.46. The van der Waals surface area contributed by atoms with Gasteiger partial charge >= 0.3 is 12.2 Å². The number of aliphatic hydroxyl groups excluding tert-OH is 1. The average Bonchev–Trinajstić information content (AvgIpc) is 3.55. The minimum absolute atomic E-state index is 0.0662. The highest BCUT2D eigenvalue weighted by atomic mass is 19.1. The van der Waals surface area contributed by atoms with Crippen LogP contribution in [0.1, 0.15) is 56.2 Å². The molecule has 1 aliphatic heterocycles. The Morgan fingerprint density at radius 3 is 2.20 bits per heavy atom. The minimum Gasteiger partial charge on any atom is -0.449 e. The van der Waals surface area contributed by atoms with E-state index in [1.165, 1.54) is 11.0 Å². The van der Waals surface area contributed by atoms with Gasteiger partial charge in [-0.3, -0.25) is 4.79 Å². The summed E-state index contributed by atoms with van der Waals surface area (Å²) >= 11 is 0. The fourth-order valence-electron chi connectivity index (χ4n) is 6.21. The SMILES string of the molecule is CC(C)(C)OC(=O)N[C@@H](CC(=O)N1C[C@H](NC(=O)OCC2c3ccccc3-c3ccccc32)C[C@H]1CO)Cc1ccccc1F. The highest BCUT2D eigenvalue weighted by Crippen LogP contribution is 2.44. The molecular weight excluding hydrogens is 577 g/mol. The number of rotatable bonds is 9. The monoisotopic (exact) mass is 617 g/mol. The van der Waals surface area contributed by atoms with E-state index in [9.17, 15) is 23.9 Å². The largest absolute Gasteiger partial charge is 0.449 e. The number of nitrogens with zero attached hydrogens (tertiary/aromatic N) is 1. The van der Waals surface area contributed by atoms with Gasteiger partial charge in [0.2, 0.25) is 5.91 Å². The zero-order valence-electron chi connectivity index (χ0n) is 25.8. The zero-order chi connectivity index (χ0) is 32.1. The van der Waals surface area contributed by atoms with Gasteiger partial charge in [-0.05, 0) is 67.5 Å². The molecule has 0 radical (unpaired) electrons. The predicted octanol–water partition coefficient (Wildman–Crippen LogP) is 5.15. The molecule has 1 aliphatic carbocycles. The molecule has 3 aromatic carbocycles. The molecule has 1 saturated heterocycles. The number of benzene rings is 3. The standard InChI is InChI=1S/C35H40FN3O6/c1-35(2,3)45-34(43)37-23(16-22-10-4-9-15-31(22)36)18-32(41)39-19-24(17-25(39)20-40)38-33(42)44-21-30-28-13-7-5-11-26(28)27-12-6-8-14-29(27)30/h4-15,23-25,30,40H,16-21H2,1-3H3,(H,37,43)(H,38,42)/t23-,24-,25+/m1/s1. The van der Waals surface area contributed by atoms with E-state index in [4.69, 9.17) is 9.47 Å². The lowest BCUT2D eigenvalue weighted by atomic mass is 9.98. The van der Waals surface area contributed by atoms with Crippen molar-refractivity contribution in [1.82, 2.24) is 15.5 Å². The van der Waals surface area contributed by atoms with Crippen LogP contribution in [0.15, 0.2) is 72.8 Å². The Morgan fingerprint density at radius 2 is 1.58 bits per heavy atom. The molecule has 3 aromatic rings. The second kappa shape index (κ2) is 13.7. The fourth-order valence-corrected chi connectivity index (χ4v) is 6.21. The Labute approximate surface area is 262 Å². The van der Waals surface area contributed by atoms with Crippen molar-refractivity contribution in [2.24, 2.45) is 0 Å². The molecule has 9 nitrogen and oxygen atoms in total. The van der Waals surface area contributed by atoms with Crippen molar-refractivity contribution in [3.63, 3.8) is 0 Å². The van der Waals surface area contributed by atoms with Gasteiger partial charge in [0.1, 0.15) is 18.0 Å². The molecule has 10 heteroatoms. The van der Waals surface area contributed by atoms with Crippen LogP contribution in [0.4, 0.5) is 14.0 Å². The summed E-state index contributed by atoms with van der Waals surface area (Å²) in [4.78, 5) is 40.5. The molecule has 1 fully saturated rings. The maximum Gasteiger partial charge on any atom is 0.407 e. The first-order chi connectivity index (χ1) is 21.5. The Balaban J connectivity index is 1.20. The molecule has 3 amide bonds. The van der Waals surface area contributed by atoms with Gasteiger partial charge in [0.15, 0.2) is 0 Å². The molecular formula is C35H40FN3O6. The molecule has 0 aromatic heterocycles. The topological polar surface area (TPSA) is 117 Å². The van der Waals surface area contributed by atoms with Gasteiger partial charge in [0.25, 0.3) is 0 Å². The summed E-state index contributed by atoms with van der Waals surface area (Å²) in [5.41, 5.74) is 4.07. The number of alkyl carbamates (subject to hydrolysis) is 2. The molecule has 2 aliphatic rings. The number of likely N-dealkylation sites (tertiary alicyclic amines) is 1. The van der Waals surface area contributed by atoms with Gasteiger partial charge in [0, 0.05) is 24.9 Å². The number of amides is 3. The molecule has 0 unspecified atom stereocenters. The first kappa shape index (κ1) is 32.0. The molecule has 0 spiro atoms. The normalized spacial score (nSPS) is 18.1. The number of hydrogen-bond acceptors (Lipinski definition) is 6. The summed E-state index contributed by atoms with van der Waals surface area (Å²) < 4.78 is 25.5. The summed E-state index contributed by atoms with van der Waals surface area (Å²) in [5, 5.41) is 15.6. The summed E-state index contributed by atoms with van der Waals surface area (Å²) in [5.74, 6) is -0.871. The first-order valence-electron chi connectivity index (χ1n) is 15.3. The van der Waals surface area contributed by atoms with Crippen molar-refractivity contribution in [3.8, 4) is 11.1 Å². The lowest BCUT2D eigenvalue weighted by molar-refractivity contribution is -0.133. The van der Waals surface area contributed by atoms with Crippen LogP contribution in [-0.4, -0.2) is 71.6 Å². The van der Waals surface area contributed by atoms with E-state index in [0.29, 0.717) is 12.0 Å². The second-order valence-corrected chi connectivity index (χ2v) is 12.6. The number of ether oxygens (including phenoxy) is 2. The average molecular weight is 618 g/mol. The quantitative estimate of drug-likeness (QED) is 0.306. The Kier molecular flexibility index (Phi) is 9.72. The van der Waals surface area contributed by atoms with E-state index in [1.807, 2.05) is 36.4 Å². The third-order valence-electron chi connectivity index (χ3n) is 8.18. The highest BCUT2D eigenvalue weighted by molar-refractivity contribution is 5.80. The summed E-state index contributed by atoms with van der Waals surface area (Å²) in [6.45, 7) is 5.20. The molecule has 45 heavy (non-hydrogen) atoms. The fraction of sp³-hybridized carbons (Fsp3) is 0.400. The van der Waals surface area contributed by atoms with Crippen molar-refractivity contribution in [2.45, 2.75) is 69.7 Å². The van der Waals surface area contributed by atoms with E-state index in [2.05, 4.69) is 22.8 Å². The number of hydrogen-bond donors (Lipinski definition) is 3. The maximum absolute atomic E-state index is 14.5. The van der Waals surface area contributed by atoms with Gasteiger partial charge in [-0.25, -0.2) is 14.0 Å². The van der Waals surface area contributed by atoms with Crippen molar-refractivity contribution in [1.29, 1.82) is 0 Å². The van der Waals surface area contributed by atoms with Gasteiger partial charge in [-0.1, -0.05) is 66.7 Å². The number of fused-ring (bicyclic) bond motifs is 3. The van der Waals surface area contributed by atoms with Gasteiger partial charge < -0.3 is 30.1 Å². The molecule has 238 valence electrons. The lowest BCUT2D eigenvalue weighted by Gasteiger charge is -2.27. The molecule has 3 atom stereocenters. The van der Waals surface area contributed by atoms with Crippen molar-refractivity contribution in [3.05, 3.63) is 95.3 Å². The Morgan fingerprint density at radius 1 is 0.956 bits per heavy atom. The highest BCUT2D eigenvalue weighted by Gasteiger charge is 2.37. The van der Waals surface area contributed by atoms with Crippen molar-refractivity contribution < 1.29 is 33.4 Å². The van der Waals surface area contributed by atoms with E-state index in [-0.39, 0.29) is 44.4 Å². The van der Waals surface area contributed by atoms with E-state index < -0.39 is 41.7 Å². The molecule has 1 heterocycles. The molecule has 0 bridgehead atoms. The van der Waals surface area contributed by atoms with E-state index in [1.54, 1.807) is 39.0 Å². The van der Waals surface area contributed by atoms with Crippen LogP contribution in [0.3, 0.4) is 0 Å². The number of carbonyl (C=O) groups is 3. The van der Waals surface area contributed by atoms with Gasteiger partial charge in [0.05, 0.1) is 18.7 Å². The van der Waals surface area contributed by atoms with Crippen LogP contribution in [0.5, 0.6) is 0 Å². The van der Waals surface area contributed by atoms with Gasteiger partial charge in [-0.15, -0.1) is 0 Å². The van der Waals surface area contributed by atoms with E-state index in [0.717, 1.165) is 22.3 Å². The third kappa shape index (κ3) is 7.81. The summed E-state index contributed by atoms with van der Waals surface area (Å²) in [7, 11) is 0. The minimum atomic E-state index is -0.766. The van der Waals surface area contributed by atoms with E-state index >= 15 is 0 Å². The Bertz CT molecular complexity index is 1490. The molecule has 5 rings (SSSR count). The van der Waals surface area contributed by atoms with Crippen LogP contribution >= 0.6 is 0 Å². The molecule has 3 N–H and O–H groups in total. The number of halogens is 1. The van der Waals surface area contributed by atoms with Crippen LogP contribution < -0.4 is 10.6 Å². The third-order valence-corrected chi connectivity index (χ3v) is 8.18. The maximum atomic E-state index is 14.5. The zero-order valence-corrected chi connectivity index (χ0v) is 25.8. The number of aliphatic hydroxyl groups is 1. The summed E-state index contributed by atoms with van der Waals surface area (Å²) in [6, 6.07) is 20.6. The van der Waals surface area contributed by atoms with Crippen LogP contribution in [0.2, 0.25) is 0 Å². The van der Waals surface area contributed by atoms with Gasteiger partial charge in [-0.2, -0.15) is 0 Å².